The van der Waals surface area contributed by atoms with Gasteiger partial charge in [-0.3, -0.25) is 4.79 Å². The van der Waals surface area contributed by atoms with Crippen molar-refractivity contribution >= 4 is 45.6 Å². The minimum Gasteiger partial charge on any atom is -0.337 e. The van der Waals surface area contributed by atoms with Crippen LogP contribution in [-0.4, -0.2) is 37.0 Å². The number of nitrogens with zero attached hydrogens (tertiary/aromatic N) is 1. The lowest BCUT2D eigenvalue weighted by Crippen LogP contribution is -2.31. The van der Waals surface area contributed by atoms with Crippen molar-refractivity contribution in [1.29, 1.82) is 0 Å². The highest BCUT2D eigenvalue weighted by Gasteiger charge is 2.38. The lowest BCUT2D eigenvalue weighted by Gasteiger charge is -2.16. The standard InChI is InChI=1S/C17H17BrN2OS.ClH/c18-14-3-1-11(2-4-14)15-5-6-16(22-15)17(21)20-9-12-7-19-8-13(12)10-20;/h1-6,12-13,19H,7-10H2;1H/t12-,13+;. The van der Waals surface area contributed by atoms with E-state index < -0.39 is 0 Å². The smallest absolute Gasteiger partial charge is 0.263 e. The molecule has 3 nitrogen and oxygen atoms in total. The molecule has 23 heavy (non-hydrogen) atoms. The quantitative estimate of drug-likeness (QED) is 0.810. The first-order chi connectivity index (χ1) is 10.7. The number of likely N-dealkylation sites (tertiary alicyclic amines) is 1. The second-order valence-corrected chi connectivity index (χ2v) is 8.06. The van der Waals surface area contributed by atoms with Gasteiger partial charge in [0.1, 0.15) is 0 Å². The lowest BCUT2D eigenvalue weighted by atomic mass is 10.0. The summed E-state index contributed by atoms with van der Waals surface area (Å²) in [5.41, 5.74) is 1.16. The van der Waals surface area contributed by atoms with E-state index in [1.807, 2.05) is 23.1 Å². The highest BCUT2D eigenvalue weighted by Crippen LogP contribution is 2.32. The molecular weight excluding hydrogens is 396 g/mol. The number of hydrogen-bond acceptors (Lipinski definition) is 3. The van der Waals surface area contributed by atoms with E-state index in [2.05, 4.69) is 39.4 Å². The summed E-state index contributed by atoms with van der Waals surface area (Å²) in [5, 5.41) is 3.41. The molecule has 1 amide bonds. The SMILES string of the molecule is Cl.O=C(c1ccc(-c2ccc(Br)cc2)s1)N1C[C@H]2CNC[C@H]2C1. The fourth-order valence-corrected chi connectivity index (χ4v) is 4.64. The Kier molecular flexibility index (Phi) is 5.11. The monoisotopic (exact) mass is 412 g/mol. The molecule has 6 heteroatoms. The summed E-state index contributed by atoms with van der Waals surface area (Å²) in [6.07, 6.45) is 0. The van der Waals surface area contributed by atoms with Gasteiger partial charge in [0, 0.05) is 35.5 Å². The lowest BCUT2D eigenvalue weighted by molar-refractivity contribution is 0.0786. The number of carbonyl (C=O) groups excluding carboxylic acids is 1. The number of nitrogens with one attached hydrogen (secondary N) is 1. The summed E-state index contributed by atoms with van der Waals surface area (Å²) < 4.78 is 1.07. The van der Waals surface area contributed by atoms with Crippen LogP contribution in [0.25, 0.3) is 10.4 Å². The molecule has 1 aromatic carbocycles. The zero-order chi connectivity index (χ0) is 15.1. The van der Waals surface area contributed by atoms with Crippen LogP contribution < -0.4 is 5.32 Å². The van der Waals surface area contributed by atoms with Gasteiger partial charge < -0.3 is 10.2 Å². The first-order valence-corrected chi connectivity index (χ1v) is 9.17. The summed E-state index contributed by atoms with van der Waals surface area (Å²) in [5.74, 6) is 1.49. The fourth-order valence-electron chi connectivity index (χ4n) is 3.40. The Hall–Kier alpha value is -0.880. The maximum atomic E-state index is 12.7. The normalized spacial score (nSPS) is 22.7. The number of halogens is 2. The Morgan fingerprint density at radius 3 is 2.39 bits per heavy atom. The van der Waals surface area contributed by atoms with Crippen LogP contribution in [0.15, 0.2) is 40.9 Å². The third-order valence-electron chi connectivity index (χ3n) is 4.62. The third-order valence-corrected chi connectivity index (χ3v) is 6.27. The van der Waals surface area contributed by atoms with E-state index >= 15 is 0 Å². The molecule has 0 radical (unpaired) electrons. The van der Waals surface area contributed by atoms with E-state index in [-0.39, 0.29) is 18.3 Å². The highest BCUT2D eigenvalue weighted by molar-refractivity contribution is 9.10. The molecule has 2 aliphatic rings. The molecule has 2 saturated heterocycles. The van der Waals surface area contributed by atoms with Gasteiger partial charge in [-0.2, -0.15) is 0 Å². The van der Waals surface area contributed by atoms with E-state index in [1.54, 1.807) is 11.3 Å². The van der Waals surface area contributed by atoms with Gasteiger partial charge >= 0.3 is 0 Å². The van der Waals surface area contributed by atoms with E-state index in [1.165, 1.54) is 0 Å². The van der Waals surface area contributed by atoms with Crippen molar-refractivity contribution in [3.63, 3.8) is 0 Å². The van der Waals surface area contributed by atoms with Crippen molar-refractivity contribution in [2.75, 3.05) is 26.2 Å². The Labute approximate surface area is 154 Å². The molecule has 0 bridgehead atoms. The second kappa shape index (κ2) is 6.93. The predicted octanol–water partition coefficient (Wildman–Crippen LogP) is 3.89. The molecule has 0 saturated carbocycles. The summed E-state index contributed by atoms with van der Waals surface area (Å²) in [6, 6.07) is 12.2. The van der Waals surface area contributed by atoms with E-state index in [9.17, 15) is 4.79 Å². The second-order valence-electron chi connectivity index (χ2n) is 6.06. The molecule has 3 heterocycles. The topological polar surface area (TPSA) is 32.3 Å². The average molecular weight is 414 g/mol. The van der Waals surface area contributed by atoms with Crippen LogP contribution in [0.1, 0.15) is 9.67 Å². The van der Waals surface area contributed by atoms with Crippen LogP contribution in [0, 0.1) is 11.8 Å². The molecule has 1 aromatic heterocycles. The number of thiophene rings is 1. The molecule has 2 atom stereocenters. The zero-order valence-corrected chi connectivity index (χ0v) is 15.7. The molecule has 0 unspecified atom stereocenters. The van der Waals surface area contributed by atoms with Gasteiger partial charge in [0.25, 0.3) is 5.91 Å². The van der Waals surface area contributed by atoms with Gasteiger partial charge in [-0.1, -0.05) is 28.1 Å². The molecular formula is C17H18BrClN2OS. The van der Waals surface area contributed by atoms with Crippen LogP contribution in [0.4, 0.5) is 0 Å². The molecule has 4 rings (SSSR count). The van der Waals surface area contributed by atoms with Gasteiger partial charge in [-0.15, -0.1) is 23.7 Å². The van der Waals surface area contributed by atoms with Crippen LogP contribution in [0.2, 0.25) is 0 Å². The van der Waals surface area contributed by atoms with Gasteiger partial charge in [-0.05, 0) is 41.7 Å². The van der Waals surface area contributed by atoms with Crippen molar-refractivity contribution in [1.82, 2.24) is 10.2 Å². The fraction of sp³-hybridized carbons (Fsp3) is 0.353. The molecule has 2 fully saturated rings. The summed E-state index contributed by atoms with van der Waals surface area (Å²) in [7, 11) is 0. The molecule has 0 spiro atoms. The van der Waals surface area contributed by atoms with Crippen molar-refractivity contribution in [3.8, 4) is 10.4 Å². The Morgan fingerprint density at radius 1 is 1.09 bits per heavy atom. The van der Waals surface area contributed by atoms with Crippen molar-refractivity contribution in [2.24, 2.45) is 11.8 Å². The van der Waals surface area contributed by atoms with E-state index in [0.29, 0.717) is 11.8 Å². The Balaban J connectivity index is 0.00000156. The summed E-state index contributed by atoms with van der Waals surface area (Å²) in [6.45, 7) is 3.93. The Morgan fingerprint density at radius 2 is 1.74 bits per heavy atom. The van der Waals surface area contributed by atoms with Crippen LogP contribution in [0.3, 0.4) is 0 Å². The first kappa shape index (κ1) is 17.0. The molecule has 1 N–H and O–H groups in total. The van der Waals surface area contributed by atoms with Crippen molar-refractivity contribution in [2.45, 2.75) is 0 Å². The highest BCUT2D eigenvalue weighted by atomic mass is 79.9. The number of carbonyl (C=O) groups is 1. The molecule has 0 aliphatic carbocycles. The third kappa shape index (κ3) is 3.33. The van der Waals surface area contributed by atoms with Gasteiger partial charge in [-0.25, -0.2) is 0 Å². The molecule has 2 aliphatic heterocycles. The van der Waals surface area contributed by atoms with Gasteiger partial charge in [0.2, 0.25) is 0 Å². The average Bonchev–Trinajstić information content (AvgIpc) is 3.22. The number of amides is 1. The Bertz CT molecular complexity index is 691. The van der Waals surface area contributed by atoms with Crippen molar-refractivity contribution < 1.29 is 4.79 Å². The van der Waals surface area contributed by atoms with E-state index in [4.69, 9.17) is 0 Å². The van der Waals surface area contributed by atoms with Crippen LogP contribution in [0.5, 0.6) is 0 Å². The van der Waals surface area contributed by atoms with Crippen LogP contribution >= 0.6 is 39.7 Å². The van der Waals surface area contributed by atoms with E-state index in [0.717, 1.165) is 46.0 Å². The zero-order valence-electron chi connectivity index (χ0n) is 12.5. The maximum Gasteiger partial charge on any atom is 0.263 e. The number of benzene rings is 1. The number of rotatable bonds is 2. The summed E-state index contributed by atoms with van der Waals surface area (Å²) in [4.78, 5) is 16.7. The van der Waals surface area contributed by atoms with Gasteiger partial charge in [0.15, 0.2) is 0 Å². The van der Waals surface area contributed by atoms with Gasteiger partial charge in [0.05, 0.1) is 4.88 Å². The van der Waals surface area contributed by atoms with Crippen LogP contribution in [-0.2, 0) is 0 Å². The maximum absolute atomic E-state index is 12.7. The number of fused-ring (bicyclic) bond motifs is 1. The predicted molar refractivity (Wildman–Crippen MR) is 100 cm³/mol. The van der Waals surface area contributed by atoms with Crippen molar-refractivity contribution in [3.05, 3.63) is 45.7 Å². The number of hydrogen-bond donors (Lipinski definition) is 1. The summed E-state index contributed by atoms with van der Waals surface area (Å²) >= 11 is 5.04. The molecule has 2 aromatic rings. The molecule has 122 valence electrons. The minimum absolute atomic E-state index is 0. The first-order valence-electron chi connectivity index (χ1n) is 7.56. The largest absolute Gasteiger partial charge is 0.337 e. The minimum atomic E-state index is 0.